The Bertz CT molecular complexity index is 528. The Balaban J connectivity index is 1.95. The zero-order valence-electron chi connectivity index (χ0n) is 10.9. The summed E-state index contributed by atoms with van der Waals surface area (Å²) in [5.74, 6) is 0.642. The Kier molecular flexibility index (Phi) is 5.59. The fraction of sp³-hybridized carbons (Fsp3) is 0.188. The Morgan fingerprint density at radius 3 is 2.20 bits per heavy atom. The normalized spacial score (nSPS) is 11.8. The van der Waals surface area contributed by atoms with E-state index < -0.39 is 11.5 Å². The lowest BCUT2D eigenvalue weighted by molar-refractivity contribution is -0.126. The van der Waals surface area contributed by atoms with Crippen molar-refractivity contribution in [2.24, 2.45) is 0 Å². The van der Waals surface area contributed by atoms with Crippen molar-refractivity contribution in [2.75, 3.05) is 0 Å². The molecule has 1 atom stereocenters. The van der Waals surface area contributed by atoms with Crippen LogP contribution in [0.3, 0.4) is 0 Å². The minimum Gasteiger partial charge on any atom is -0.464 e. The first kappa shape index (κ1) is 14.6. The van der Waals surface area contributed by atoms with Crippen LogP contribution in [0, 0.1) is 0 Å². The van der Waals surface area contributed by atoms with Gasteiger partial charge in [-0.3, -0.25) is 4.79 Å². The molecule has 2 rings (SSSR count). The van der Waals surface area contributed by atoms with E-state index in [9.17, 15) is 4.79 Å². The number of para-hydroxylation sites is 1. The molecule has 0 N–H and O–H groups in total. The molecule has 0 saturated heterocycles. The standard InChI is InChI=1S/C16H15ClO3/c17-15(18)11-16(20-14-9-5-2-6-10-14)19-12-13-7-3-1-4-8-13/h1-10,16H,11-12H2. The lowest BCUT2D eigenvalue weighted by Gasteiger charge is -2.18. The minimum atomic E-state index is -0.692. The molecule has 0 radical (unpaired) electrons. The number of carbonyl (C=O) groups excluding carboxylic acids is 1. The minimum absolute atomic E-state index is 0.00326. The number of halogens is 1. The second kappa shape index (κ2) is 7.68. The van der Waals surface area contributed by atoms with Crippen LogP contribution in [0.1, 0.15) is 12.0 Å². The summed E-state index contributed by atoms with van der Waals surface area (Å²) in [6.45, 7) is 0.364. The lowest BCUT2D eigenvalue weighted by atomic mass is 10.2. The number of rotatable bonds is 7. The maximum Gasteiger partial charge on any atom is 0.227 e. The third-order valence-corrected chi connectivity index (χ3v) is 2.77. The molecule has 0 aliphatic carbocycles. The Morgan fingerprint density at radius 1 is 1.00 bits per heavy atom. The first-order valence-electron chi connectivity index (χ1n) is 6.29. The van der Waals surface area contributed by atoms with E-state index >= 15 is 0 Å². The van der Waals surface area contributed by atoms with Crippen molar-refractivity contribution >= 4 is 16.8 Å². The quantitative estimate of drug-likeness (QED) is 0.575. The molecule has 0 bridgehead atoms. The van der Waals surface area contributed by atoms with Crippen molar-refractivity contribution in [1.82, 2.24) is 0 Å². The van der Waals surface area contributed by atoms with Crippen molar-refractivity contribution in [3.05, 3.63) is 66.2 Å². The summed E-state index contributed by atoms with van der Waals surface area (Å²) in [4.78, 5) is 11.1. The molecule has 1 unspecified atom stereocenters. The van der Waals surface area contributed by atoms with Crippen molar-refractivity contribution in [3.8, 4) is 5.75 Å². The molecule has 0 amide bonds. The smallest absolute Gasteiger partial charge is 0.227 e. The van der Waals surface area contributed by atoms with Crippen molar-refractivity contribution < 1.29 is 14.3 Å². The van der Waals surface area contributed by atoms with E-state index in [0.29, 0.717) is 12.4 Å². The zero-order chi connectivity index (χ0) is 14.2. The van der Waals surface area contributed by atoms with Gasteiger partial charge in [-0.2, -0.15) is 0 Å². The summed E-state index contributed by atoms with van der Waals surface area (Å²) in [6.07, 6.45) is -0.689. The maximum atomic E-state index is 11.1. The highest BCUT2D eigenvalue weighted by molar-refractivity contribution is 6.63. The van der Waals surface area contributed by atoms with E-state index in [2.05, 4.69) is 0 Å². The van der Waals surface area contributed by atoms with Gasteiger partial charge in [-0.1, -0.05) is 48.5 Å². The molecule has 0 spiro atoms. The van der Waals surface area contributed by atoms with Crippen LogP contribution in [0.15, 0.2) is 60.7 Å². The van der Waals surface area contributed by atoms with Crippen LogP contribution in [-0.2, 0) is 16.1 Å². The number of carbonyl (C=O) groups is 1. The van der Waals surface area contributed by atoms with Gasteiger partial charge in [0.15, 0.2) is 0 Å². The fourth-order valence-corrected chi connectivity index (χ4v) is 1.81. The molecule has 20 heavy (non-hydrogen) atoms. The van der Waals surface area contributed by atoms with E-state index in [4.69, 9.17) is 21.1 Å². The highest BCUT2D eigenvalue weighted by atomic mass is 35.5. The van der Waals surface area contributed by atoms with Gasteiger partial charge in [-0.05, 0) is 29.3 Å². The molecule has 2 aromatic carbocycles. The maximum absolute atomic E-state index is 11.1. The number of ether oxygens (including phenoxy) is 2. The second-order valence-electron chi connectivity index (χ2n) is 4.22. The SMILES string of the molecule is O=C(Cl)CC(OCc1ccccc1)Oc1ccccc1. The monoisotopic (exact) mass is 290 g/mol. The van der Waals surface area contributed by atoms with Crippen LogP contribution < -0.4 is 4.74 Å². The molecule has 3 nitrogen and oxygen atoms in total. The van der Waals surface area contributed by atoms with E-state index in [1.807, 2.05) is 48.5 Å². The lowest BCUT2D eigenvalue weighted by Crippen LogP contribution is -2.22. The predicted octanol–water partition coefficient (Wildman–Crippen LogP) is 3.76. The first-order valence-corrected chi connectivity index (χ1v) is 6.67. The van der Waals surface area contributed by atoms with Gasteiger partial charge >= 0.3 is 0 Å². The van der Waals surface area contributed by atoms with Gasteiger partial charge in [0.1, 0.15) is 5.75 Å². The van der Waals surface area contributed by atoms with Crippen LogP contribution in [0.25, 0.3) is 0 Å². The largest absolute Gasteiger partial charge is 0.464 e. The third-order valence-electron chi connectivity index (χ3n) is 2.62. The van der Waals surface area contributed by atoms with Crippen molar-refractivity contribution in [3.63, 3.8) is 0 Å². The predicted molar refractivity (Wildman–Crippen MR) is 77.6 cm³/mol. The molecule has 0 aromatic heterocycles. The van der Waals surface area contributed by atoms with Crippen molar-refractivity contribution in [1.29, 1.82) is 0 Å². The molecular formula is C16H15ClO3. The van der Waals surface area contributed by atoms with Crippen LogP contribution in [0.2, 0.25) is 0 Å². The van der Waals surface area contributed by atoms with E-state index in [1.165, 1.54) is 0 Å². The molecule has 0 saturated carbocycles. The van der Waals surface area contributed by atoms with Crippen LogP contribution in [0.5, 0.6) is 5.75 Å². The van der Waals surface area contributed by atoms with Gasteiger partial charge in [-0.15, -0.1) is 0 Å². The average Bonchev–Trinajstić information content (AvgIpc) is 2.46. The summed E-state index contributed by atoms with van der Waals surface area (Å²) in [7, 11) is 0. The Labute approximate surface area is 123 Å². The summed E-state index contributed by atoms with van der Waals surface area (Å²) < 4.78 is 11.2. The van der Waals surface area contributed by atoms with Crippen LogP contribution in [0.4, 0.5) is 0 Å². The zero-order valence-corrected chi connectivity index (χ0v) is 11.6. The topological polar surface area (TPSA) is 35.5 Å². The Hall–Kier alpha value is -1.84. The molecule has 0 aliphatic heterocycles. The summed E-state index contributed by atoms with van der Waals surface area (Å²) in [5.41, 5.74) is 1.01. The molecule has 0 heterocycles. The highest BCUT2D eigenvalue weighted by Crippen LogP contribution is 2.15. The fourth-order valence-electron chi connectivity index (χ4n) is 1.68. The van der Waals surface area contributed by atoms with Crippen molar-refractivity contribution in [2.45, 2.75) is 19.3 Å². The van der Waals surface area contributed by atoms with Gasteiger partial charge in [-0.25, -0.2) is 0 Å². The second-order valence-corrected chi connectivity index (χ2v) is 4.64. The van der Waals surface area contributed by atoms with Gasteiger partial charge in [0, 0.05) is 0 Å². The summed E-state index contributed by atoms with van der Waals surface area (Å²) in [5, 5.41) is -0.487. The van der Waals surface area contributed by atoms with Crippen LogP contribution >= 0.6 is 11.6 Å². The summed E-state index contributed by atoms with van der Waals surface area (Å²) in [6, 6.07) is 18.9. The molecular weight excluding hydrogens is 276 g/mol. The Morgan fingerprint density at radius 2 is 1.60 bits per heavy atom. The van der Waals surface area contributed by atoms with Gasteiger partial charge < -0.3 is 9.47 Å². The van der Waals surface area contributed by atoms with Gasteiger partial charge in [0.25, 0.3) is 0 Å². The summed E-state index contributed by atoms with van der Waals surface area (Å²) >= 11 is 5.42. The van der Waals surface area contributed by atoms with E-state index in [0.717, 1.165) is 5.56 Å². The molecule has 4 heteroatoms. The van der Waals surface area contributed by atoms with E-state index in [1.54, 1.807) is 12.1 Å². The van der Waals surface area contributed by atoms with Crippen LogP contribution in [-0.4, -0.2) is 11.5 Å². The van der Waals surface area contributed by atoms with Gasteiger partial charge in [0.2, 0.25) is 11.5 Å². The highest BCUT2D eigenvalue weighted by Gasteiger charge is 2.15. The van der Waals surface area contributed by atoms with E-state index in [-0.39, 0.29) is 6.42 Å². The molecule has 2 aromatic rings. The number of hydrogen-bond acceptors (Lipinski definition) is 3. The number of hydrogen-bond donors (Lipinski definition) is 0. The molecule has 104 valence electrons. The molecule has 0 aliphatic rings. The number of benzene rings is 2. The third kappa shape index (κ3) is 5.03. The average molecular weight is 291 g/mol. The molecule has 0 fully saturated rings. The first-order chi connectivity index (χ1) is 9.74. The van der Waals surface area contributed by atoms with Gasteiger partial charge in [0.05, 0.1) is 13.0 Å².